The van der Waals surface area contributed by atoms with E-state index >= 15 is 0 Å². The van der Waals surface area contributed by atoms with Gasteiger partial charge in [-0.2, -0.15) is 0 Å². The quantitative estimate of drug-likeness (QED) is 0.472. The molecule has 1 heterocycles. The van der Waals surface area contributed by atoms with Crippen molar-refractivity contribution in [3.05, 3.63) is 23.0 Å². The summed E-state index contributed by atoms with van der Waals surface area (Å²) in [6, 6.07) is 0. The maximum absolute atomic E-state index is 11.4. The molecule has 0 bridgehead atoms. The molecule has 1 rings (SSSR count). The van der Waals surface area contributed by atoms with Crippen LogP contribution < -0.4 is 14.9 Å². The molecular formula is C8H7NO6P-3. The van der Waals surface area contributed by atoms with Gasteiger partial charge in [0.25, 0.3) is 0 Å². The van der Waals surface area contributed by atoms with E-state index < -0.39 is 20.2 Å². The topological polar surface area (TPSA) is 125 Å². The predicted molar refractivity (Wildman–Crippen MR) is 46.2 cm³/mol. The number of carbonyl (C=O) groups excluding carboxylic acids is 1. The average Bonchev–Trinajstić information content (AvgIpc) is 2.18. The van der Waals surface area contributed by atoms with Gasteiger partial charge < -0.3 is 24.0 Å². The van der Waals surface area contributed by atoms with E-state index in [4.69, 9.17) is 0 Å². The molecule has 0 saturated heterocycles. The second-order valence-electron chi connectivity index (χ2n) is 2.95. The van der Waals surface area contributed by atoms with Crippen LogP contribution in [0.4, 0.5) is 0 Å². The van der Waals surface area contributed by atoms with Crippen LogP contribution in [-0.2, 0) is 15.7 Å². The van der Waals surface area contributed by atoms with Crippen LogP contribution in [0.15, 0.2) is 6.20 Å². The fraction of sp³-hybridized carbons (Fsp3) is 0.250. The molecule has 0 aliphatic carbocycles. The molecule has 0 spiro atoms. The Balaban J connectivity index is 3.01. The lowest BCUT2D eigenvalue weighted by molar-refractivity contribution is -0.342. The van der Waals surface area contributed by atoms with Crippen molar-refractivity contribution in [1.82, 2.24) is 4.98 Å². The van der Waals surface area contributed by atoms with Crippen molar-refractivity contribution in [2.75, 3.05) is 0 Å². The standard InChI is InChI=1S/C8H10NO6P/c1-5-8(11)7(3-10)6(2-9-5)4-15-16(12,13)14/h2-3,11H,4H2,1H3,(H2,12,13,14)/p-3. The summed E-state index contributed by atoms with van der Waals surface area (Å²) in [7, 11) is -5.13. The van der Waals surface area contributed by atoms with E-state index in [9.17, 15) is 24.3 Å². The van der Waals surface area contributed by atoms with E-state index in [1.165, 1.54) is 6.92 Å². The van der Waals surface area contributed by atoms with Crippen molar-refractivity contribution in [3.63, 3.8) is 0 Å². The number of aromatic nitrogens is 1. The van der Waals surface area contributed by atoms with Crippen LogP contribution in [0.5, 0.6) is 5.75 Å². The largest absolute Gasteiger partial charge is 0.871 e. The van der Waals surface area contributed by atoms with Gasteiger partial charge in [-0.15, -0.1) is 0 Å². The number of nitrogens with zero attached hydrogens (tertiary/aromatic N) is 1. The normalized spacial score (nSPS) is 11.4. The van der Waals surface area contributed by atoms with Crippen molar-refractivity contribution in [2.24, 2.45) is 0 Å². The van der Waals surface area contributed by atoms with Gasteiger partial charge in [0.15, 0.2) is 0 Å². The molecule has 8 heteroatoms. The molecule has 0 aliphatic heterocycles. The molecule has 0 saturated carbocycles. The number of pyridine rings is 1. The fourth-order valence-corrected chi connectivity index (χ4v) is 1.33. The highest BCUT2D eigenvalue weighted by Crippen LogP contribution is 2.28. The highest BCUT2D eigenvalue weighted by molar-refractivity contribution is 7.43. The number of rotatable bonds is 4. The van der Waals surface area contributed by atoms with Crippen LogP contribution in [0.3, 0.4) is 0 Å². The van der Waals surface area contributed by atoms with Crippen LogP contribution in [-0.4, -0.2) is 11.3 Å². The molecule has 0 aromatic carbocycles. The maximum atomic E-state index is 11.4. The van der Waals surface area contributed by atoms with Gasteiger partial charge in [0, 0.05) is 23.0 Å². The van der Waals surface area contributed by atoms with Gasteiger partial charge in [-0.3, -0.25) is 9.78 Å². The lowest BCUT2D eigenvalue weighted by Gasteiger charge is -2.29. The number of carbonyl (C=O) groups is 1. The van der Waals surface area contributed by atoms with E-state index in [-0.39, 0.29) is 23.1 Å². The third-order valence-electron chi connectivity index (χ3n) is 1.83. The third-order valence-corrected chi connectivity index (χ3v) is 2.27. The van der Waals surface area contributed by atoms with Gasteiger partial charge >= 0.3 is 0 Å². The molecule has 1 aromatic heterocycles. The highest BCUT2D eigenvalue weighted by Gasteiger charge is 2.06. The molecule has 0 atom stereocenters. The maximum Gasteiger partial charge on any atom is 0.149 e. The minimum absolute atomic E-state index is 0.0301. The monoisotopic (exact) mass is 244 g/mol. The van der Waals surface area contributed by atoms with Crippen molar-refractivity contribution < 1.29 is 28.8 Å². The number of aldehydes is 1. The molecule has 0 amide bonds. The molecule has 88 valence electrons. The van der Waals surface area contributed by atoms with Crippen LogP contribution >= 0.6 is 7.82 Å². The van der Waals surface area contributed by atoms with Crippen molar-refractivity contribution in [3.8, 4) is 5.75 Å². The zero-order chi connectivity index (χ0) is 12.3. The zero-order valence-electron chi connectivity index (χ0n) is 8.21. The van der Waals surface area contributed by atoms with Crippen molar-refractivity contribution >= 4 is 14.1 Å². The Morgan fingerprint density at radius 3 is 2.69 bits per heavy atom. The minimum atomic E-state index is -5.13. The SMILES string of the molecule is Cc1ncc(COP(=O)([O-])[O-])c(C=O)c1[O-]. The first-order valence-electron chi connectivity index (χ1n) is 4.12. The van der Waals surface area contributed by atoms with E-state index in [0.717, 1.165) is 6.20 Å². The third kappa shape index (κ3) is 3.11. The minimum Gasteiger partial charge on any atom is -0.871 e. The van der Waals surface area contributed by atoms with Crippen LogP contribution in [0.1, 0.15) is 21.6 Å². The summed E-state index contributed by atoms with van der Waals surface area (Å²) in [5.74, 6) is -0.609. The van der Waals surface area contributed by atoms with E-state index in [1.807, 2.05) is 0 Å². The van der Waals surface area contributed by atoms with Gasteiger partial charge in [0.05, 0.1) is 14.4 Å². The van der Waals surface area contributed by atoms with Gasteiger partial charge in [-0.05, 0) is 6.92 Å². The van der Waals surface area contributed by atoms with E-state index in [0.29, 0.717) is 0 Å². The summed E-state index contributed by atoms with van der Waals surface area (Å²) in [6.45, 7) is 0.743. The molecule has 0 aliphatic rings. The summed E-state index contributed by atoms with van der Waals surface area (Å²) >= 11 is 0. The van der Waals surface area contributed by atoms with Crippen LogP contribution in [0.25, 0.3) is 0 Å². The predicted octanol–water partition coefficient (Wildman–Crippen LogP) is -1.38. The Morgan fingerprint density at radius 1 is 1.56 bits per heavy atom. The molecular weight excluding hydrogens is 237 g/mol. The number of hydrogen-bond acceptors (Lipinski definition) is 7. The number of hydrogen-bond donors (Lipinski definition) is 0. The van der Waals surface area contributed by atoms with Crippen LogP contribution in [0, 0.1) is 6.92 Å². The Hall–Kier alpha value is -1.27. The second-order valence-corrected chi connectivity index (χ2v) is 4.10. The summed E-state index contributed by atoms with van der Waals surface area (Å²) in [5, 5.41) is 11.4. The number of phosphoric acid groups is 1. The Morgan fingerprint density at radius 2 is 2.19 bits per heavy atom. The first kappa shape index (κ1) is 12.8. The Kier molecular flexibility index (Phi) is 3.77. The summed E-state index contributed by atoms with van der Waals surface area (Å²) in [5.41, 5.74) is -0.170. The molecule has 16 heavy (non-hydrogen) atoms. The van der Waals surface area contributed by atoms with Crippen LogP contribution in [0.2, 0.25) is 0 Å². The Bertz CT molecular complexity index is 454. The van der Waals surface area contributed by atoms with Crippen molar-refractivity contribution in [1.29, 1.82) is 0 Å². The summed E-state index contributed by atoms with van der Waals surface area (Å²) < 4.78 is 14.2. The Labute approximate surface area is 91.0 Å². The second kappa shape index (κ2) is 4.71. The van der Waals surface area contributed by atoms with Gasteiger partial charge in [0.1, 0.15) is 6.29 Å². The highest BCUT2D eigenvalue weighted by atomic mass is 31.2. The fourth-order valence-electron chi connectivity index (χ4n) is 1.04. The first-order valence-corrected chi connectivity index (χ1v) is 5.58. The number of phosphoric ester groups is 1. The molecule has 0 fully saturated rings. The first-order chi connectivity index (χ1) is 7.35. The molecule has 0 radical (unpaired) electrons. The average molecular weight is 244 g/mol. The van der Waals surface area contributed by atoms with Gasteiger partial charge in [0.2, 0.25) is 0 Å². The molecule has 7 nitrogen and oxygen atoms in total. The lowest BCUT2D eigenvalue weighted by atomic mass is 10.1. The van der Waals surface area contributed by atoms with Gasteiger partial charge in [-0.25, -0.2) is 0 Å². The van der Waals surface area contributed by atoms with Crippen molar-refractivity contribution in [2.45, 2.75) is 13.5 Å². The van der Waals surface area contributed by atoms with E-state index in [2.05, 4.69) is 9.51 Å². The number of aryl methyl sites for hydroxylation is 1. The van der Waals surface area contributed by atoms with Gasteiger partial charge in [-0.1, -0.05) is 5.75 Å². The summed E-state index contributed by atoms with van der Waals surface area (Å²) in [6.07, 6.45) is 1.40. The molecule has 1 aromatic rings. The molecule has 0 unspecified atom stereocenters. The zero-order valence-corrected chi connectivity index (χ0v) is 9.10. The smallest absolute Gasteiger partial charge is 0.149 e. The van der Waals surface area contributed by atoms with E-state index in [1.54, 1.807) is 0 Å². The summed E-state index contributed by atoms with van der Waals surface area (Å²) in [4.78, 5) is 34.7. The lowest BCUT2D eigenvalue weighted by Crippen LogP contribution is -2.17. The molecule has 0 N–H and O–H groups in total.